The Morgan fingerprint density at radius 1 is 1.29 bits per heavy atom. The molecule has 2 unspecified atom stereocenters. The first kappa shape index (κ1) is 13.5. The summed E-state index contributed by atoms with van der Waals surface area (Å²) in [6, 6.07) is 4.14. The van der Waals surface area contributed by atoms with Crippen molar-refractivity contribution >= 4 is 31.9 Å². The Balaban J connectivity index is 2.23. The molecule has 1 aliphatic rings. The topological polar surface area (TPSA) is 35.2 Å². The summed E-state index contributed by atoms with van der Waals surface area (Å²) in [6.45, 7) is 2.91. The Kier molecular flexibility index (Phi) is 4.64. The molecule has 0 aromatic heterocycles. The monoisotopic (exact) mass is 361 g/mol. The van der Waals surface area contributed by atoms with Crippen LogP contribution in [0.25, 0.3) is 0 Å². The van der Waals surface area contributed by atoms with Crippen molar-refractivity contribution in [2.24, 2.45) is 5.73 Å². The van der Waals surface area contributed by atoms with Crippen LogP contribution in [0.3, 0.4) is 0 Å². The molecule has 1 heterocycles. The van der Waals surface area contributed by atoms with Crippen LogP contribution >= 0.6 is 31.9 Å². The Hall–Kier alpha value is 0.1000. The lowest BCUT2D eigenvalue weighted by Gasteiger charge is -2.29. The van der Waals surface area contributed by atoms with Crippen molar-refractivity contribution in [2.75, 3.05) is 6.61 Å². The van der Waals surface area contributed by atoms with Crippen molar-refractivity contribution < 1.29 is 4.74 Å². The minimum Gasteiger partial charge on any atom is -0.376 e. The number of aryl methyl sites for hydroxylation is 1. The SMILES string of the molecule is Cc1cc(Br)c(C(N)C2CCCCO2)cc1Br. The average Bonchev–Trinajstić information content (AvgIpc) is 2.34. The predicted octanol–water partition coefficient (Wildman–Crippen LogP) is 4.09. The maximum absolute atomic E-state index is 6.31. The molecule has 0 bridgehead atoms. The molecule has 0 radical (unpaired) electrons. The van der Waals surface area contributed by atoms with Gasteiger partial charge in [-0.15, -0.1) is 0 Å². The summed E-state index contributed by atoms with van der Waals surface area (Å²) >= 11 is 7.15. The van der Waals surface area contributed by atoms with E-state index in [0.29, 0.717) is 0 Å². The van der Waals surface area contributed by atoms with Crippen LogP contribution < -0.4 is 5.73 Å². The number of benzene rings is 1. The van der Waals surface area contributed by atoms with Crippen LogP contribution in [-0.2, 0) is 4.74 Å². The molecule has 2 rings (SSSR count). The van der Waals surface area contributed by atoms with Gasteiger partial charge in [0.05, 0.1) is 12.1 Å². The third kappa shape index (κ3) is 3.11. The highest BCUT2D eigenvalue weighted by Gasteiger charge is 2.24. The number of ether oxygens (including phenoxy) is 1. The van der Waals surface area contributed by atoms with E-state index in [4.69, 9.17) is 10.5 Å². The van der Waals surface area contributed by atoms with E-state index in [-0.39, 0.29) is 12.1 Å². The van der Waals surface area contributed by atoms with Crippen molar-refractivity contribution in [3.8, 4) is 0 Å². The second-order valence-electron chi connectivity index (χ2n) is 4.55. The summed E-state index contributed by atoms with van der Waals surface area (Å²) in [4.78, 5) is 0. The Labute approximate surface area is 119 Å². The second-order valence-corrected chi connectivity index (χ2v) is 6.26. The molecular formula is C13H17Br2NO. The molecule has 2 nitrogen and oxygen atoms in total. The Morgan fingerprint density at radius 2 is 2.06 bits per heavy atom. The van der Waals surface area contributed by atoms with Crippen molar-refractivity contribution in [1.29, 1.82) is 0 Å². The lowest BCUT2D eigenvalue weighted by atomic mass is 9.96. The van der Waals surface area contributed by atoms with Crippen molar-refractivity contribution in [3.05, 3.63) is 32.2 Å². The average molecular weight is 363 g/mol. The van der Waals surface area contributed by atoms with Gasteiger partial charge in [0.15, 0.2) is 0 Å². The first-order valence-corrected chi connectivity index (χ1v) is 7.51. The third-order valence-corrected chi connectivity index (χ3v) is 4.79. The van der Waals surface area contributed by atoms with E-state index in [2.05, 4.69) is 50.9 Å². The minimum atomic E-state index is -0.0541. The maximum atomic E-state index is 6.31. The first-order chi connectivity index (χ1) is 8.09. The van der Waals surface area contributed by atoms with E-state index < -0.39 is 0 Å². The smallest absolute Gasteiger partial charge is 0.0768 e. The van der Waals surface area contributed by atoms with Gasteiger partial charge in [-0.1, -0.05) is 31.9 Å². The van der Waals surface area contributed by atoms with Gasteiger partial charge in [-0.25, -0.2) is 0 Å². The van der Waals surface area contributed by atoms with Gasteiger partial charge in [0.25, 0.3) is 0 Å². The normalized spacial score (nSPS) is 22.5. The summed E-state index contributed by atoms with van der Waals surface area (Å²) < 4.78 is 7.93. The van der Waals surface area contributed by atoms with Crippen molar-refractivity contribution in [2.45, 2.75) is 38.3 Å². The third-order valence-electron chi connectivity index (χ3n) is 3.25. The Bertz CT molecular complexity index is 403. The van der Waals surface area contributed by atoms with Gasteiger partial charge in [0.2, 0.25) is 0 Å². The maximum Gasteiger partial charge on any atom is 0.0768 e. The molecule has 1 aromatic rings. The fraction of sp³-hybridized carbons (Fsp3) is 0.538. The zero-order valence-corrected chi connectivity index (χ0v) is 13.1. The molecule has 2 N–H and O–H groups in total. The second kappa shape index (κ2) is 5.83. The molecule has 1 aliphatic heterocycles. The lowest BCUT2D eigenvalue weighted by Crippen LogP contribution is -2.32. The van der Waals surface area contributed by atoms with E-state index in [1.54, 1.807) is 0 Å². The van der Waals surface area contributed by atoms with Crippen LogP contribution in [0.2, 0.25) is 0 Å². The number of hydrogen-bond donors (Lipinski definition) is 1. The van der Waals surface area contributed by atoms with Crippen LogP contribution in [0.1, 0.15) is 36.4 Å². The fourth-order valence-corrected chi connectivity index (χ4v) is 3.25. The molecule has 0 spiro atoms. The number of halogens is 2. The predicted molar refractivity (Wildman–Crippen MR) is 77.1 cm³/mol. The first-order valence-electron chi connectivity index (χ1n) is 5.92. The molecule has 0 aliphatic carbocycles. The molecular weight excluding hydrogens is 346 g/mol. The van der Waals surface area contributed by atoms with Gasteiger partial charge in [0, 0.05) is 15.6 Å². The summed E-state index contributed by atoms with van der Waals surface area (Å²) in [6.07, 6.45) is 3.57. The highest BCUT2D eigenvalue weighted by atomic mass is 79.9. The zero-order valence-electron chi connectivity index (χ0n) is 9.88. The molecule has 0 amide bonds. The molecule has 2 atom stereocenters. The molecule has 1 fully saturated rings. The summed E-state index contributed by atoms with van der Waals surface area (Å²) in [5, 5.41) is 0. The van der Waals surface area contributed by atoms with Gasteiger partial charge in [-0.2, -0.15) is 0 Å². The number of hydrogen-bond acceptors (Lipinski definition) is 2. The van der Waals surface area contributed by atoms with Crippen LogP contribution in [0.5, 0.6) is 0 Å². The highest BCUT2D eigenvalue weighted by Crippen LogP contribution is 2.33. The molecule has 1 saturated heterocycles. The van der Waals surface area contributed by atoms with Crippen LogP contribution in [0.4, 0.5) is 0 Å². The van der Waals surface area contributed by atoms with Crippen LogP contribution in [0, 0.1) is 6.92 Å². The molecule has 1 aromatic carbocycles. The summed E-state index contributed by atoms with van der Waals surface area (Å²) in [5.74, 6) is 0. The van der Waals surface area contributed by atoms with Gasteiger partial charge in [-0.05, 0) is 49.4 Å². The fourth-order valence-electron chi connectivity index (χ4n) is 2.17. The molecule has 17 heavy (non-hydrogen) atoms. The molecule has 4 heteroatoms. The van der Waals surface area contributed by atoms with E-state index in [1.165, 1.54) is 12.0 Å². The number of rotatable bonds is 2. The molecule has 94 valence electrons. The van der Waals surface area contributed by atoms with Gasteiger partial charge < -0.3 is 10.5 Å². The quantitative estimate of drug-likeness (QED) is 0.859. The largest absolute Gasteiger partial charge is 0.376 e. The zero-order chi connectivity index (χ0) is 12.4. The van der Waals surface area contributed by atoms with Gasteiger partial charge in [-0.3, -0.25) is 0 Å². The Morgan fingerprint density at radius 3 is 2.71 bits per heavy atom. The van der Waals surface area contributed by atoms with Crippen molar-refractivity contribution in [3.63, 3.8) is 0 Å². The van der Waals surface area contributed by atoms with Gasteiger partial charge in [0.1, 0.15) is 0 Å². The van der Waals surface area contributed by atoms with E-state index in [1.807, 2.05) is 0 Å². The highest BCUT2D eigenvalue weighted by molar-refractivity contribution is 9.11. The van der Waals surface area contributed by atoms with Crippen LogP contribution in [-0.4, -0.2) is 12.7 Å². The summed E-state index contributed by atoms with van der Waals surface area (Å²) in [7, 11) is 0. The number of nitrogens with two attached hydrogens (primary N) is 1. The van der Waals surface area contributed by atoms with Crippen molar-refractivity contribution in [1.82, 2.24) is 0 Å². The standard InChI is InChI=1S/C13H17Br2NO/c1-8-6-11(15)9(7-10(8)14)13(16)12-4-2-3-5-17-12/h6-7,12-13H,2-5,16H2,1H3. The minimum absolute atomic E-state index is 0.0541. The van der Waals surface area contributed by atoms with E-state index in [9.17, 15) is 0 Å². The molecule has 0 saturated carbocycles. The van der Waals surface area contributed by atoms with E-state index in [0.717, 1.165) is 34.0 Å². The van der Waals surface area contributed by atoms with Gasteiger partial charge >= 0.3 is 0 Å². The van der Waals surface area contributed by atoms with Crippen LogP contribution in [0.15, 0.2) is 21.1 Å². The summed E-state index contributed by atoms with van der Waals surface area (Å²) in [5.41, 5.74) is 8.64. The van der Waals surface area contributed by atoms with E-state index >= 15 is 0 Å². The lowest BCUT2D eigenvalue weighted by molar-refractivity contribution is -0.000127.